The number of carbonyl (C=O) groups is 1. The van der Waals surface area contributed by atoms with E-state index >= 15 is 0 Å². The molecule has 4 aromatic rings. The van der Waals surface area contributed by atoms with Gasteiger partial charge in [0.05, 0.1) is 17.2 Å². The zero-order valence-electron chi connectivity index (χ0n) is 16.3. The average Bonchev–Trinajstić information content (AvgIpc) is 2.79. The maximum atomic E-state index is 12.5. The fourth-order valence-electron chi connectivity index (χ4n) is 3.16. The van der Waals surface area contributed by atoms with Crippen LogP contribution in [0, 0.1) is 0 Å². The van der Waals surface area contributed by atoms with Crippen molar-refractivity contribution in [2.24, 2.45) is 0 Å². The van der Waals surface area contributed by atoms with Crippen LogP contribution >= 0.6 is 0 Å². The number of amides is 1. The zero-order chi connectivity index (χ0) is 20.8. The number of fused-ring (bicyclic) bond motifs is 1. The number of ether oxygens (including phenoxy) is 1. The number of rotatable bonds is 7. The molecule has 1 amide bonds. The molecule has 3 aromatic carbocycles. The molecule has 0 radical (unpaired) electrons. The summed E-state index contributed by atoms with van der Waals surface area (Å²) in [5.41, 5.74) is 3.01. The molecule has 6 nitrogen and oxygen atoms in total. The third kappa shape index (κ3) is 4.72. The smallest absolute Gasteiger partial charge is 0.269 e. The van der Waals surface area contributed by atoms with E-state index in [4.69, 9.17) is 4.74 Å². The number of hydrogen-bond acceptors (Lipinski definition) is 4. The second kappa shape index (κ2) is 9.05. The lowest BCUT2D eigenvalue weighted by Crippen LogP contribution is -2.32. The van der Waals surface area contributed by atoms with E-state index in [1.165, 1.54) is 10.8 Å². The Bertz CT molecular complexity index is 1220. The van der Waals surface area contributed by atoms with Crippen molar-refractivity contribution in [1.29, 1.82) is 0 Å². The topological polar surface area (TPSA) is 73.2 Å². The molecular weight excluding hydrogens is 378 g/mol. The Morgan fingerprint density at radius 2 is 1.70 bits per heavy atom. The molecule has 0 atom stereocenters. The molecule has 0 aliphatic heterocycles. The van der Waals surface area contributed by atoms with Gasteiger partial charge in [-0.1, -0.05) is 54.6 Å². The Morgan fingerprint density at radius 3 is 2.57 bits per heavy atom. The highest BCUT2D eigenvalue weighted by molar-refractivity contribution is 5.79. The van der Waals surface area contributed by atoms with Crippen molar-refractivity contribution in [2.75, 3.05) is 0 Å². The summed E-state index contributed by atoms with van der Waals surface area (Å²) in [7, 11) is 0. The fraction of sp³-hybridized carbons (Fsp3) is 0.125. The monoisotopic (exact) mass is 399 g/mol. The van der Waals surface area contributed by atoms with Gasteiger partial charge in [0.1, 0.15) is 18.9 Å². The number of carbonyl (C=O) groups excluding carboxylic acids is 1. The summed E-state index contributed by atoms with van der Waals surface area (Å²) >= 11 is 0. The van der Waals surface area contributed by atoms with Crippen molar-refractivity contribution in [2.45, 2.75) is 19.7 Å². The van der Waals surface area contributed by atoms with Crippen LogP contribution in [0.15, 0.2) is 89.9 Å². The average molecular weight is 399 g/mol. The standard InChI is InChI=1S/C24H21N3O3/c28-23(16-27-22-12-5-4-11-21(22)25-15-24(27)29)26-14-19-9-6-10-20(13-19)30-17-18-7-2-1-3-8-18/h1-13,15H,14,16-17H2,(H,26,28). The fourth-order valence-corrected chi connectivity index (χ4v) is 3.16. The summed E-state index contributed by atoms with van der Waals surface area (Å²) < 4.78 is 7.26. The second-order valence-electron chi connectivity index (χ2n) is 6.87. The van der Waals surface area contributed by atoms with Crippen molar-refractivity contribution in [1.82, 2.24) is 14.9 Å². The Balaban J connectivity index is 1.38. The number of aromatic nitrogens is 2. The Kier molecular flexibility index (Phi) is 5.85. The van der Waals surface area contributed by atoms with Gasteiger partial charge in [-0.25, -0.2) is 4.98 Å². The molecule has 0 unspecified atom stereocenters. The van der Waals surface area contributed by atoms with E-state index < -0.39 is 0 Å². The highest BCUT2D eigenvalue weighted by atomic mass is 16.5. The Morgan fingerprint density at radius 1 is 0.933 bits per heavy atom. The minimum absolute atomic E-state index is 0.0634. The van der Waals surface area contributed by atoms with Crippen LogP contribution in [-0.2, 0) is 24.5 Å². The molecule has 0 bridgehead atoms. The van der Waals surface area contributed by atoms with Gasteiger partial charge in [-0.3, -0.25) is 14.2 Å². The minimum Gasteiger partial charge on any atom is -0.489 e. The van der Waals surface area contributed by atoms with Gasteiger partial charge in [0, 0.05) is 6.54 Å². The van der Waals surface area contributed by atoms with Crippen LogP contribution in [0.4, 0.5) is 0 Å². The summed E-state index contributed by atoms with van der Waals surface area (Å²) in [6.07, 6.45) is 1.24. The van der Waals surface area contributed by atoms with Crippen LogP contribution in [0.3, 0.4) is 0 Å². The normalized spacial score (nSPS) is 10.7. The van der Waals surface area contributed by atoms with Crippen molar-refractivity contribution in [3.63, 3.8) is 0 Å². The van der Waals surface area contributed by atoms with E-state index in [-0.39, 0.29) is 18.0 Å². The predicted molar refractivity (Wildman–Crippen MR) is 115 cm³/mol. The van der Waals surface area contributed by atoms with Crippen LogP contribution in [0.5, 0.6) is 5.75 Å². The maximum absolute atomic E-state index is 12.5. The molecule has 0 saturated heterocycles. The molecule has 0 aliphatic carbocycles. The van der Waals surface area contributed by atoms with E-state index in [0.717, 1.165) is 16.9 Å². The first kappa shape index (κ1) is 19.4. The molecule has 6 heteroatoms. The molecule has 0 aliphatic rings. The molecule has 150 valence electrons. The van der Waals surface area contributed by atoms with Gasteiger partial charge >= 0.3 is 0 Å². The molecular formula is C24H21N3O3. The quantitative estimate of drug-likeness (QED) is 0.518. The van der Waals surface area contributed by atoms with Crippen LogP contribution in [-0.4, -0.2) is 15.5 Å². The van der Waals surface area contributed by atoms with Gasteiger partial charge in [-0.2, -0.15) is 0 Å². The maximum Gasteiger partial charge on any atom is 0.269 e. The molecule has 0 saturated carbocycles. The molecule has 1 aromatic heterocycles. The summed E-state index contributed by atoms with van der Waals surface area (Å²) in [4.78, 5) is 28.7. The van der Waals surface area contributed by atoms with E-state index in [1.807, 2.05) is 72.8 Å². The van der Waals surface area contributed by atoms with Crippen LogP contribution in [0.25, 0.3) is 11.0 Å². The van der Waals surface area contributed by atoms with E-state index in [1.54, 1.807) is 6.07 Å². The molecule has 1 N–H and O–H groups in total. The van der Waals surface area contributed by atoms with Crippen LogP contribution < -0.4 is 15.6 Å². The minimum atomic E-state index is -0.305. The van der Waals surface area contributed by atoms with Crippen molar-refractivity contribution in [3.8, 4) is 5.75 Å². The van der Waals surface area contributed by atoms with Gasteiger partial charge in [-0.15, -0.1) is 0 Å². The van der Waals surface area contributed by atoms with Gasteiger partial charge < -0.3 is 10.1 Å². The molecule has 4 rings (SSSR count). The van der Waals surface area contributed by atoms with E-state index in [0.29, 0.717) is 24.2 Å². The molecule has 30 heavy (non-hydrogen) atoms. The van der Waals surface area contributed by atoms with Crippen molar-refractivity contribution < 1.29 is 9.53 Å². The first-order chi connectivity index (χ1) is 14.7. The van der Waals surface area contributed by atoms with Crippen molar-refractivity contribution >= 4 is 16.9 Å². The molecule has 0 fully saturated rings. The lowest BCUT2D eigenvalue weighted by Gasteiger charge is -2.11. The van der Waals surface area contributed by atoms with Gasteiger partial charge in [0.25, 0.3) is 5.56 Å². The van der Waals surface area contributed by atoms with E-state index in [2.05, 4.69) is 10.3 Å². The number of para-hydroxylation sites is 2. The predicted octanol–water partition coefficient (Wildman–Crippen LogP) is 3.29. The summed E-state index contributed by atoms with van der Waals surface area (Å²) in [5, 5.41) is 2.87. The second-order valence-corrected chi connectivity index (χ2v) is 6.87. The van der Waals surface area contributed by atoms with Crippen LogP contribution in [0.1, 0.15) is 11.1 Å². The zero-order valence-corrected chi connectivity index (χ0v) is 16.3. The first-order valence-electron chi connectivity index (χ1n) is 9.66. The summed E-state index contributed by atoms with van der Waals surface area (Å²) in [6.45, 7) is 0.764. The van der Waals surface area contributed by atoms with E-state index in [9.17, 15) is 9.59 Å². The lowest BCUT2D eigenvalue weighted by molar-refractivity contribution is -0.121. The SMILES string of the molecule is O=C(Cn1c(=O)cnc2ccccc21)NCc1cccc(OCc2ccccc2)c1. The van der Waals surface area contributed by atoms with Gasteiger partial charge in [-0.05, 0) is 35.4 Å². The summed E-state index contributed by atoms with van der Waals surface area (Å²) in [6, 6.07) is 24.8. The first-order valence-corrected chi connectivity index (χ1v) is 9.66. The van der Waals surface area contributed by atoms with Crippen molar-refractivity contribution in [3.05, 3.63) is 107 Å². The third-order valence-corrected chi connectivity index (χ3v) is 4.69. The third-order valence-electron chi connectivity index (χ3n) is 4.69. The highest BCUT2D eigenvalue weighted by Gasteiger charge is 2.09. The Hall–Kier alpha value is -3.93. The largest absolute Gasteiger partial charge is 0.489 e. The molecule has 0 spiro atoms. The Labute approximate surface area is 173 Å². The number of nitrogens with one attached hydrogen (secondary N) is 1. The highest BCUT2D eigenvalue weighted by Crippen LogP contribution is 2.15. The molecule has 1 heterocycles. The van der Waals surface area contributed by atoms with Gasteiger partial charge in [0.15, 0.2) is 0 Å². The van der Waals surface area contributed by atoms with Crippen LogP contribution in [0.2, 0.25) is 0 Å². The number of nitrogens with zero attached hydrogens (tertiary/aromatic N) is 2. The lowest BCUT2D eigenvalue weighted by atomic mass is 10.2. The number of benzene rings is 3. The van der Waals surface area contributed by atoms with Gasteiger partial charge in [0.2, 0.25) is 5.91 Å². The summed E-state index contributed by atoms with van der Waals surface area (Å²) in [5.74, 6) is 0.492. The number of hydrogen-bond donors (Lipinski definition) is 1.